The van der Waals surface area contributed by atoms with Crippen LogP contribution in [0.25, 0.3) is 0 Å². The molecule has 0 unspecified atom stereocenters. The zero-order valence-corrected chi connectivity index (χ0v) is 15.3. The average molecular weight is 351 g/mol. The van der Waals surface area contributed by atoms with Crippen molar-refractivity contribution < 1.29 is 19.1 Å². The molecule has 3 aliphatic rings. The third-order valence-electron chi connectivity index (χ3n) is 5.52. The summed E-state index contributed by atoms with van der Waals surface area (Å²) in [5.74, 6) is -0.407. The maximum Gasteiger partial charge on any atom is 0.325 e. The summed E-state index contributed by atoms with van der Waals surface area (Å²) in [5.41, 5.74) is -0.788. The van der Waals surface area contributed by atoms with E-state index in [2.05, 4.69) is 5.32 Å². The Kier molecular flexibility index (Phi) is 5.32. The lowest BCUT2D eigenvalue weighted by atomic mass is 9.84. The van der Waals surface area contributed by atoms with Gasteiger partial charge in [-0.3, -0.25) is 14.5 Å². The highest BCUT2D eigenvalue weighted by Crippen LogP contribution is 2.32. The van der Waals surface area contributed by atoms with Gasteiger partial charge in [0.1, 0.15) is 12.1 Å². The van der Waals surface area contributed by atoms with Gasteiger partial charge in [-0.05, 0) is 26.7 Å². The molecule has 3 fully saturated rings. The van der Waals surface area contributed by atoms with E-state index in [0.717, 1.165) is 30.6 Å². The van der Waals surface area contributed by atoms with Crippen molar-refractivity contribution in [3.05, 3.63) is 0 Å². The number of carbonyl (C=O) groups excluding carboxylic acids is 3. The van der Waals surface area contributed by atoms with Crippen LogP contribution in [0.5, 0.6) is 0 Å². The minimum absolute atomic E-state index is 0.0345. The van der Waals surface area contributed by atoms with Gasteiger partial charge in [-0.15, -0.1) is 0 Å². The smallest absolute Gasteiger partial charge is 0.325 e. The fraction of sp³-hybridized carbons (Fsp3) is 0.833. The first-order chi connectivity index (χ1) is 11.9. The minimum Gasteiger partial charge on any atom is -0.372 e. The third-order valence-corrected chi connectivity index (χ3v) is 5.52. The zero-order chi connectivity index (χ0) is 18.0. The van der Waals surface area contributed by atoms with Crippen molar-refractivity contribution >= 4 is 17.8 Å². The topological polar surface area (TPSA) is 79.0 Å². The molecular weight excluding hydrogens is 322 g/mol. The van der Waals surface area contributed by atoms with E-state index in [4.69, 9.17) is 4.74 Å². The molecular formula is C18H29N3O4. The standard InChI is InChI=1S/C18H29N3O4/c1-13-10-20(11-14(2)25-13)15(22)12-21-16(23)18(19-17(21)24)8-6-4-3-5-7-9-18/h13-14H,3-12H2,1-2H3,(H,19,24)/t13-,14-/m1/s1. The van der Waals surface area contributed by atoms with Crippen molar-refractivity contribution in [3.8, 4) is 0 Å². The molecule has 25 heavy (non-hydrogen) atoms. The van der Waals surface area contributed by atoms with E-state index in [9.17, 15) is 14.4 Å². The molecule has 4 amide bonds. The van der Waals surface area contributed by atoms with Crippen molar-refractivity contribution in [3.63, 3.8) is 0 Å². The zero-order valence-electron chi connectivity index (χ0n) is 15.3. The number of hydrogen-bond acceptors (Lipinski definition) is 4. The highest BCUT2D eigenvalue weighted by molar-refractivity contribution is 6.09. The Labute approximate surface area is 149 Å². The normalized spacial score (nSPS) is 30.2. The lowest BCUT2D eigenvalue weighted by molar-refractivity contribution is -0.147. The van der Waals surface area contributed by atoms with Gasteiger partial charge in [0.05, 0.1) is 12.2 Å². The first kappa shape index (κ1) is 18.2. The van der Waals surface area contributed by atoms with Gasteiger partial charge in [-0.2, -0.15) is 0 Å². The largest absolute Gasteiger partial charge is 0.372 e. The van der Waals surface area contributed by atoms with Crippen LogP contribution in [0.1, 0.15) is 58.8 Å². The summed E-state index contributed by atoms with van der Waals surface area (Å²) < 4.78 is 5.64. The van der Waals surface area contributed by atoms with Crippen LogP contribution < -0.4 is 5.32 Å². The van der Waals surface area contributed by atoms with E-state index < -0.39 is 11.6 Å². The van der Waals surface area contributed by atoms with Gasteiger partial charge in [0.15, 0.2) is 0 Å². The van der Waals surface area contributed by atoms with Gasteiger partial charge in [0.2, 0.25) is 5.91 Å². The molecule has 0 radical (unpaired) electrons. The van der Waals surface area contributed by atoms with Crippen molar-refractivity contribution in [2.75, 3.05) is 19.6 Å². The van der Waals surface area contributed by atoms with Crippen LogP contribution in [0.15, 0.2) is 0 Å². The molecule has 2 saturated heterocycles. The quantitative estimate of drug-likeness (QED) is 0.768. The summed E-state index contributed by atoms with van der Waals surface area (Å²) in [5, 5.41) is 2.90. The second-order valence-electron chi connectivity index (χ2n) is 7.73. The Morgan fingerprint density at radius 1 is 1.08 bits per heavy atom. The SMILES string of the molecule is C[C@@H]1CN(C(=O)CN2C(=O)NC3(CCCCCCC3)C2=O)C[C@@H](C)O1. The van der Waals surface area contributed by atoms with E-state index in [-0.39, 0.29) is 30.6 Å². The van der Waals surface area contributed by atoms with E-state index >= 15 is 0 Å². The van der Waals surface area contributed by atoms with Gasteiger partial charge >= 0.3 is 6.03 Å². The van der Waals surface area contributed by atoms with Crippen molar-refractivity contribution in [2.45, 2.75) is 76.5 Å². The molecule has 1 spiro atoms. The highest BCUT2D eigenvalue weighted by Gasteiger charge is 2.51. The third kappa shape index (κ3) is 3.81. The fourth-order valence-corrected chi connectivity index (χ4v) is 4.28. The predicted octanol–water partition coefficient (Wildman–Crippen LogP) is 1.66. The van der Waals surface area contributed by atoms with Gasteiger partial charge in [0.25, 0.3) is 5.91 Å². The van der Waals surface area contributed by atoms with Crippen molar-refractivity contribution in [2.24, 2.45) is 0 Å². The molecule has 0 aromatic heterocycles. The molecule has 7 nitrogen and oxygen atoms in total. The Hall–Kier alpha value is -1.63. The minimum atomic E-state index is -0.788. The molecule has 0 bridgehead atoms. The summed E-state index contributed by atoms with van der Waals surface area (Å²) in [6.07, 6.45) is 6.52. The van der Waals surface area contributed by atoms with E-state index in [1.165, 1.54) is 6.42 Å². The second kappa shape index (κ2) is 7.32. The number of rotatable bonds is 2. The molecule has 7 heteroatoms. The van der Waals surface area contributed by atoms with Crippen LogP contribution in [0.3, 0.4) is 0 Å². The Morgan fingerprint density at radius 3 is 2.24 bits per heavy atom. The predicted molar refractivity (Wildman–Crippen MR) is 91.9 cm³/mol. The van der Waals surface area contributed by atoms with Crippen LogP contribution in [0.2, 0.25) is 0 Å². The van der Waals surface area contributed by atoms with Crippen LogP contribution in [0.4, 0.5) is 4.79 Å². The molecule has 2 atom stereocenters. The Balaban J connectivity index is 1.67. The van der Waals surface area contributed by atoms with E-state index in [1.54, 1.807) is 4.90 Å². The molecule has 3 rings (SSSR count). The number of amides is 4. The summed E-state index contributed by atoms with van der Waals surface area (Å²) in [4.78, 5) is 40.8. The second-order valence-corrected chi connectivity index (χ2v) is 7.73. The molecule has 0 aromatic rings. The first-order valence-corrected chi connectivity index (χ1v) is 9.49. The molecule has 2 aliphatic heterocycles. The lowest BCUT2D eigenvalue weighted by Gasteiger charge is -2.36. The lowest BCUT2D eigenvalue weighted by Crippen LogP contribution is -2.52. The number of ether oxygens (including phenoxy) is 1. The molecule has 1 saturated carbocycles. The van der Waals surface area contributed by atoms with Crippen LogP contribution in [-0.2, 0) is 14.3 Å². The van der Waals surface area contributed by atoms with Crippen LogP contribution in [0, 0.1) is 0 Å². The summed E-state index contributed by atoms with van der Waals surface area (Å²) in [6, 6.07) is -0.423. The number of morpholine rings is 1. The number of hydrogen-bond donors (Lipinski definition) is 1. The molecule has 2 heterocycles. The van der Waals surface area contributed by atoms with Crippen molar-refractivity contribution in [1.82, 2.24) is 15.1 Å². The number of urea groups is 1. The van der Waals surface area contributed by atoms with Gasteiger partial charge in [-0.1, -0.05) is 32.1 Å². The first-order valence-electron chi connectivity index (χ1n) is 9.49. The van der Waals surface area contributed by atoms with Gasteiger partial charge in [0, 0.05) is 13.1 Å². The maximum absolute atomic E-state index is 13.0. The molecule has 140 valence electrons. The summed E-state index contributed by atoms with van der Waals surface area (Å²) in [6.45, 7) is 4.67. The molecule has 1 N–H and O–H groups in total. The Morgan fingerprint density at radius 2 is 1.64 bits per heavy atom. The number of nitrogens with one attached hydrogen (secondary N) is 1. The molecule has 0 aromatic carbocycles. The van der Waals surface area contributed by atoms with Crippen molar-refractivity contribution in [1.29, 1.82) is 0 Å². The maximum atomic E-state index is 13.0. The van der Waals surface area contributed by atoms with Gasteiger partial charge in [-0.25, -0.2) is 4.79 Å². The average Bonchev–Trinajstić information content (AvgIpc) is 2.75. The highest BCUT2D eigenvalue weighted by atomic mass is 16.5. The number of carbonyl (C=O) groups is 3. The fourth-order valence-electron chi connectivity index (χ4n) is 4.28. The summed E-state index contributed by atoms with van der Waals surface area (Å²) in [7, 11) is 0. The van der Waals surface area contributed by atoms with Crippen LogP contribution in [-0.4, -0.2) is 65.0 Å². The monoisotopic (exact) mass is 351 g/mol. The number of imide groups is 1. The number of nitrogens with zero attached hydrogens (tertiary/aromatic N) is 2. The van der Waals surface area contributed by atoms with Crippen LogP contribution >= 0.6 is 0 Å². The Bertz CT molecular complexity index is 532. The van der Waals surface area contributed by atoms with E-state index in [1.807, 2.05) is 13.8 Å². The van der Waals surface area contributed by atoms with E-state index in [0.29, 0.717) is 25.9 Å². The van der Waals surface area contributed by atoms with Gasteiger partial charge < -0.3 is 15.0 Å². The summed E-state index contributed by atoms with van der Waals surface area (Å²) >= 11 is 0. The molecule has 1 aliphatic carbocycles.